The first kappa shape index (κ1) is 20.2. The Kier molecular flexibility index (Phi) is 5.15. The number of hydrogen-bond acceptors (Lipinski definition) is 5. The molecule has 0 bridgehead atoms. The minimum Gasteiger partial charge on any atom is -0.497 e. The number of carbonyl (C=O) groups is 3. The van der Waals surface area contributed by atoms with E-state index in [4.69, 9.17) is 4.74 Å². The third kappa shape index (κ3) is 3.19. The van der Waals surface area contributed by atoms with Crippen LogP contribution in [0.2, 0.25) is 0 Å². The van der Waals surface area contributed by atoms with Crippen LogP contribution >= 0.6 is 0 Å². The summed E-state index contributed by atoms with van der Waals surface area (Å²) in [7, 11) is 1.56. The Morgan fingerprint density at radius 3 is 2.53 bits per heavy atom. The van der Waals surface area contributed by atoms with E-state index in [1.165, 1.54) is 4.90 Å². The van der Waals surface area contributed by atoms with Crippen molar-refractivity contribution >= 4 is 23.6 Å². The number of methoxy groups -OCH3 is 1. The number of amides is 3. The number of aliphatic hydroxyl groups excluding tert-OH is 1. The molecule has 1 aromatic carbocycles. The Bertz CT molecular complexity index is 910. The first-order valence-electron chi connectivity index (χ1n) is 10.0. The van der Waals surface area contributed by atoms with Crippen molar-refractivity contribution in [1.29, 1.82) is 0 Å². The molecule has 4 N–H and O–H groups in total. The van der Waals surface area contributed by atoms with Crippen LogP contribution in [0.15, 0.2) is 35.5 Å². The maximum atomic E-state index is 12.6. The second-order valence-electron chi connectivity index (χ2n) is 7.99. The highest BCUT2D eigenvalue weighted by molar-refractivity contribution is 6.00. The van der Waals surface area contributed by atoms with E-state index >= 15 is 0 Å². The van der Waals surface area contributed by atoms with Crippen LogP contribution in [0, 0.1) is 11.8 Å². The molecule has 1 aliphatic carbocycles. The van der Waals surface area contributed by atoms with Crippen LogP contribution in [0.3, 0.4) is 0 Å². The van der Waals surface area contributed by atoms with Gasteiger partial charge in [-0.1, -0.05) is 6.42 Å². The molecule has 0 aromatic heterocycles. The summed E-state index contributed by atoms with van der Waals surface area (Å²) < 4.78 is 5.10. The third-order valence-electron chi connectivity index (χ3n) is 6.27. The van der Waals surface area contributed by atoms with Gasteiger partial charge in [0.25, 0.3) is 0 Å². The monoisotopic (exact) mass is 415 g/mol. The molecule has 0 radical (unpaired) electrons. The molecule has 30 heavy (non-hydrogen) atoms. The summed E-state index contributed by atoms with van der Waals surface area (Å²) >= 11 is 0. The first-order valence-corrected chi connectivity index (χ1v) is 10.0. The van der Waals surface area contributed by atoms with E-state index in [-0.39, 0.29) is 23.6 Å². The lowest BCUT2D eigenvalue weighted by Crippen LogP contribution is -2.64. The number of ether oxygens (including phenoxy) is 1. The lowest BCUT2D eigenvalue weighted by atomic mass is 9.71. The van der Waals surface area contributed by atoms with Crippen LogP contribution < -0.4 is 15.4 Å². The van der Waals surface area contributed by atoms with Gasteiger partial charge >= 0.3 is 12.0 Å². The first-order chi connectivity index (χ1) is 14.3. The number of carboxylic acid groups (broad SMARTS) is 1. The van der Waals surface area contributed by atoms with Gasteiger partial charge in [0.15, 0.2) is 0 Å². The highest BCUT2D eigenvalue weighted by Crippen LogP contribution is 2.52. The summed E-state index contributed by atoms with van der Waals surface area (Å²) in [5.41, 5.74) is 1.12. The Labute approximate surface area is 173 Å². The van der Waals surface area contributed by atoms with E-state index in [0.717, 1.165) is 12.8 Å². The van der Waals surface area contributed by atoms with E-state index in [1.54, 1.807) is 38.3 Å². The number of β-lactam (4-membered cyclic amide) rings is 1. The molecule has 2 aliphatic heterocycles. The minimum absolute atomic E-state index is 0.0404. The number of carbonyl (C=O) groups excluding carboxylic acids is 2. The third-order valence-corrected chi connectivity index (χ3v) is 6.27. The van der Waals surface area contributed by atoms with Gasteiger partial charge in [-0.05, 0) is 49.6 Å². The largest absolute Gasteiger partial charge is 0.497 e. The molecule has 2 fully saturated rings. The number of rotatable bonds is 5. The standard InChI is InChI=1S/C21H25N3O6/c1-10(25)15-17-13-4-3-5-14(16(13)18(20(27)28)24(17)19(15)26)23-21(29)22-11-6-8-12(30-2)9-7-11/h6-10,13-15,17,25H,3-5H2,1-2H3,(H,27,28)(H2,22,23,29)/t10?,13-,14-,15+,17+/m0/s1. The summed E-state index contributed by atoms with van der Waals surface area (Å²) in [6.45, 7) is 1.55. The summed E-state index contributed by atoms with van der Waals surface area (Å²) in [4.78, 5) is 38.4. The molecule has 1 saturated carbocycles. The lowest BCUT2D eigenvalue weighted by molar-refractivity contribution is -0.163. The van der Waals surface area contributed by atoms with E-state index < -0.39 is 30.1 Å². The average Bonchev–Trinajstić information content (AvgIpc) is 3.00. The van der Waals surface area contributed by atoms with Crippen molar-refractivity contribution in [3.05, 3.63) is 35.5 Å². The van der Waals surface area contributed by atoms with Gasteiger partial charge in [-0.25, -0.2) is 9.59 Å². The van der Waals surface area contributed by atoms with Crippen molar-refractivity contribution in [2.24, 2.45) is 11.8 Å². The Morgan fingerprint density at radius 2 is 1.93 bits per heavy atom. The fourth-order valence-electron chi connectivity index (χ4n) is 5.04. The number of hydrogen-bond donors (Lipinski definition) is 4. The molecule has 1 saturated heterocycles. The van der Waals surface area contributed by atoms with Gasteiger partial charge in [-0.2, -0.15) is 0 Å². The molecule has 3 amide bonds. The van der Waals surface area contributed by atoms with Gasteiger partial charge in [0.1, 0.15) is 11.4 Å². The van der Waals surface area contributed by atoms with E-state index in [0.29, 0.717) is 23.4 Å². The topological polar surface area (TPSA) is 128 Å². The SMILES string of the molecule is COc1ccc(NC(=O)N[C@H]2CCC[C@H]3C2=C(C(=O)O)N2C(=O)[C@H](C(C)O)[C@@H]32)cc1. The Hall–Kier alpha value is -3.07. The van der Waals surface area contributed by atoms with Gasteiger partial charge in [-0.15, -0.1) is 0 Å². The van der Waals surface area contributed by atoms with Gasteiger partial charge < -0.3 is 30.5 Å². The summed E-state index contributed by atoms with van der Waals surface area (Å²) in [5.74, 6) is -1.66. The molecular weight excluding hydrogens is 390 g/mol. The normalized spacial score (nSPS) is 28.2. The number of aliphatic carboxylic acids is 1. The predicted molar refractivity (Wildman–Crippen MR) is 107 cm³/mol. The van der Waals surface area contributed by atoms with Crippen molar-refractivity contribution in [2.45, 2.75) is 44.4 Å². The van der Waals surface area contributed by atoms with Crippen molar-refractivity contribution in [2.75, 3.05) is 12.4 Å². The second-order valence-corrected chi connectivity index (χ2v) is 7.99. The maximum absolute atomic E-state index is 12.6. The Balaban J connectivity index is 1.55. The molecule has 9 nitrogen and oxygen atoms in total. The van der Waals surface area contributed by atoms with E-state index in [9.17, 15) is 24.6 Å². The van der Waals surface area contributed by atoms with Crippen LogP contribution in [-0.4, -0.2) is 58.3 Å². The molecule has 3 aliphatic rings. The van der Waals surface area contributed by atoms with E-state index in [1.807, 2.05) is 0 Å². The molecule has 9 heteroatoms. The number of nitrogens with one attached hydrogen (secondary N) is 2. The summed E-state index contributed by atoms with van der Waals surface area (Å²) in [5, 5.41) is 25.4. The van der Waals surface area contributed by atoms with Crippen molar-refractivity contribution < 1.29 is 29.3 Å². The van der Waals surface area contributed by atoms with Crippen LogP contribution in [0.5, 0.6) is 5.75 Å². The van der Waals surface area contributed by atoms with Crippen LogP contribution in [0.4, 0.5) is 10.5 Å². The number of nitrogens with zero attached hydrogens (tertiary/aromatic N) is 1. The fraction of sp³-hybridized carbons (Fsp3) is 0.476. The van der Waals surface area contributed by atoms with Gasteiger partial charge in [0, 0.05) is 11.6 Å². The van der Waals surface area contributed by atoms with Gasteiger partial charge in [0.05, 0.1) is 31.2 Å². The number of benzene rings is 1. The molecule has 4 rings (SSSR count). The summed E-state index contributed by atoms with van der Waals surface area (Å²) in [6, 6.07) is 5.57. The van der Waals surface area contributed by atoms with Crippen LogP contribution in [-0.2, 0) is 9.59 Å². The zero-order chi connectivity index (χ0) is 21.6. The number of aliphatic hydroxyl groups is 1. The molecule has 1 aromatic rings. The Morgan fingerprint density at radius 1 is 1.23 bits per heavy atom. The predicted octanol–water partition coefficient (Wildman–Crippen LogP) is 1.55. The van der Waals surface area contributed by atoms with Crippen LogP contribution in [0.25, 0.3) is 0 Å². The number of urea groups is 1. The highest BCUT2D eigenvalue weighted by Gasteiger charge is 2.62. The van der Waals surface area contributed by atoms with Crippen molar-refractivity contribution in [1.82, 2.24) is 10.2 Å². The van der Waals surface area contributed by atoms with Gasteiger partial charge in [0.2, 0.25) is 5.91 Å². The van der Waals surface area contributed by atoms with Crippen LogP contribution in [0.1, 0.15) is 26.2 Å². The lowest BCUT2D eigenvalue weighted by Gasteiger charge is -2.47. The molecule has 0 spiro atoms. The second kappa shape index (κ2) is 7.64. The maximum Gasteiger partial charge on any atom is 0.352 e. The fourth-order valence-corrected chi connectivity index (χ4v) is 5.04. The summed E-state index contributed by atoms with van der Waals surface area (Å²) in [6.07, 6.45) is 1.26. The van der Waals surface area contributed by atoms with Crippen molar-refractivity contribution in [3.63, 3.8) is 0 Å². The molecular formula is C21H25N3O6. The average molecular weight is 415 g/mol. The molecule has 2 heterocycles. The molecule has 160 valence electrons. The smallest absolute Gasteiger partial charge is 0.352 e. The molecule has 1 unspecified atom stereocenters. The van der Waals surface area contributed by atoms with Gasteiger partial charge in [-0.3, -0.25) is 4.79 Å². The van der Waals surface area contributed by atoms with Crippen molar-refractivity contribution in [3.8, 4) is 5.75 Å². The number of carboxylic acids is 1. The number of anilines is 1. The van der Waals surface area contributed by atoms with E-state index in [2.05, 4.69) is 10.6 Å². The number of fused-ring (bicyclic) bond motifs is 3. The zero-order valence-electron chi connectivity index (χ0n) is 16.8. The minimum atomic E-state index is -1.18. The zero-order valence-corrected chi connectivity index (χ0v) is 16.8. The quantitative estimate of drug-likeness (QED) is 0.540. The highest BCUT2D eigenvalue weighted by atomic mass is 16.5. The molecule has 5 atom stereocenters.